The quantitative estimate of drug-likeness (QED) is 0.580. The minimum atomic E-state index is -0.223. The number of likely N-dealkylation sites (N-methyl/N-ethyl adjacent to an activating group) is 1. The van der Waals surface area contributed by atoms with E-state index >= 15 is 0 Å². The van der Waals surface area contributed by atoms with Gasteiger partial charge in [-0.2, -0.15) is 5.26 Å². The van der Waals surface area contributed by atoms with Crippen LogP contribution in [0, 0.1) is 17.2 Å². The summed E-state index contributed by atoms with van der Waals surface area (Å²) in [6.45, 7) is 3.46. The molecule has 1 fully saturated rings. The van der Waals surface area contributed by atoms with Crippen LogP contribution in [-0.2, 0) is 9.53 Å². The maximum atomic E-state index is 11.3. The van der Waals surface area contributed by atoms with Gasteiger partial charge in [0.15, 0.2) is 0 Å². The van der Waals surface area contributed by atoms with E-state index in [0.717, 1.165) is 6.54 Å². The standard InChI is InChI=1S/C9H14N2O2/c1-3-11-6-7(5-10)4-8(11)9(12)13-2/h7-8H,3-4,6H2,1-2H3. The van der Waals surface area contributed by atoms with Gasteiger partial charge in [-0.1, -0.05) is 6.92 Å². The van der Waals surface area contributed by atoms with Crippen LogP contribution in [-0.4, -0.2) is 37.1 Å². The Labute approximate surface area is 78.1 Å². The minimum absolute atomic E-state index is 0.0240. The molecular formula is C9H14N2O2. The average molecular weight is 182 g/mol. The molecule has 4 nitrogen and oxygen atoms in total. The lowest BCUT2D eigenvalue weighted by Crippen LogP contribution is -2.36. The monoisotopic (exact) mass is 182 g/mol. The first kappa shape index (κ1) is 10.0. The molecule has 0 aromatic heterocycles. The summed E-state index contributed by atoms with van der Waals surface area (Å²) in [6.07, 6.45) is 0.608. The molecule has 0 N–H and O–H groups in total. The number of hydrogen-bond acceptors (Lipinski definition) is 4. The van der Waals surface area contributed by atoms with Gasteiger partial charge < -0.3 is 4.74 Å². The molecule has 0 aromatic carbocycles. The van der Waals surface area contributed by atoms with Crippen LogP contribution in [0.5, 0.6) is 0 Å². The fraction of sp³-hybridized carbons (Fsp3) is 0.778. The van der Waals surface area contributed by atoms with Gasteiger partial charge in [0, 0.05) is 6.54 Å². The zero-order chi connectivity index (χ0) is 9.84. The van der Waals surface area contributed by atoms with Gasteiger partial charge in [0.05, 0.1) is 19.1 Å². The zero-order valence-corrected chi connectivity index (χ0v) is 7.99. The molecule has 1 aliphatic heterocycles. The van der Waals surface area contributed by atoms with Crippen LogP contribution in [0.25, 0.3) is 0 Å². The Balaban J connectivity index is 2.64. The SMILES string of the molecule is CCN1CC(C#N)CC1C(=O)OC. The first-order valence-corrected chi connectivity index (χ1v) is 4.44. The van der Waals surface area contributed by atoms with E-state index in [2.05, 4.69) is 10.8 Å². The van der Waals surface area contributed by atoms with Crippen molar-refractivity contribution in [3.63, 3.8) is 0 Å². The summed E-state index contributed by atoms with van der Waals surface area (Å²) in [5.41, 5.74) is 0. The summed E-state index contributed by atoms with van der Waals surface area (Å²) >= 11 is 0. The Morgan fingerprint density at radius 1 is 1.77 bits per heavy atom. The van der Waals surface area contributed by atoms with Crippen molar-refractivity contribution in [2.75, 3.05) is 20.2 Å². The first-order valence-electron chi connectivity index (χ1n) is 4.44. The lowest BCUT2D eigenvalue weighted by Gasteiger charge is -2.19. The molecule has 1 rings (SSSR count). The number of nitrogens with zero attached hydrogens (tertiary/aromatic N) is 2. The molecule has 72 valence electrons. The first-order chi connectivity index (χ1) is 6.22. The second-order valence-corrected chi connectivity index (χ2v) is 3.19. The van der Waals surface area contributed by atoms with Crippen LogP contribution in [0.3, 0.4) is 0 Å². The second-order valence-electron chi connectivity index (χ2n) is 3.19. The van der Waals surface area contributed by atoms with Gasteiger partial charge in [-0.3, -0.25) is 9.69 Å². The fourth-order valence-electron chi connectivity index (χ4n) is 1.73. The molecule has 1 aliphatic rings. The number of nitriles is 1. The number of esters is 1. The molecule has 0 aliphatic carbocycles. The van der Waals surface area contributed by atoms with Crippen LogP contribution in [0.1, 0.15) is 13.3 Å². The van der Waals surface area contributed by atoms with Crippen molar-refractivity contribution in [2.24, 2.45) is 5.92 Å². The van der Waals surface area contributed by atoms with E-state index in [9.17, 15) is 4.79 Å². The number of hydrogen-bond donors (Lipinski definition) is 0. The maximum Gasteiger partial charge on any atom is 0.323 e. The van der Waals surface area contributed by atoms with E-state index in [1.54, 1.807) is 0 Å². The lowest BCUT2D eigenvalue weighted by atomic mass is 10.1. The van der Waals surface area contributed by atoms with E-state index in [-0.39, 0.29) is 17.9 Å². The molecule has 0 aromatic rings. The lowest BCUT2D eigenvalue weighted by molar-refractivity contribution is -0.145. The normalized spacial score (nSPS) is 28.4. The Hall–Kier alpha value is -1.08. The molecule has 1 heterocycles. The third kappa shape index (κ3) is 1.99. The van der Waals surface area contributed by atoms with Crippen LogP contribution in [0.2, 0.25) is 0 Å². The fourth-order valence-corrected chi connectivity index (χ4v) is 1.73. The van der Waals surface area contributed by atoms with Crippen molar-refractivity contribution in [2.45, 2.75) is 19.4 Å². The zero-order valence-electron chi connectivity index (χ0n) is 7.99. The molecular weight excluding hydrogens is 168 g/mol. The number of likely N-dealkylation sites (tertiary alicyclic amines) is 1. The number of rotatable bonds is 2. The van der Waals surface area contributed by atoms with Crippen molar-refractivity contribution in [3.8, 4) is 6.07 Å². The molecule has 0 radical (unpaired) electrons. The molecule has 0 spiro atoms. The van der Waals surface area contributed by atoms with E-state index in [1.807, 2.05) is 11.8 Å². The second kappa shape index (κ2) is 4.24. The van der Waals surface area contributed by atoms with Crippen LogP contribution in [0.15, 0.2) is 0 Å². The van der Waals surface area contributed by atoms with Gasteiger partial charge >= 0.3 is 5.97 Å². The van der Waals surface area contributed by atoms with Crippen molar-refractivity contribution in [1.29, 1.82) is 5.26 Å². The predicted octanol–water partition coefficient (Wildman–Crippen LogP) is 0.393. The molecule has 0 amide bonds. The number of carbonyl (C=O) groups excluding carboxylic acids is 1. The van der Waals surface area contributed by atoms with Gasteiger partial charge in [0.1, 0.15) is 6.04 Å². The van der Waals surface area contributed by atoms with E-state index in [1.165, 1.54) is 7.11 Å². The number of carbonyl (C=O) groups is 1. The van der Waals surface area contributed by atoms with Crippen molar-refractivity contribution in [1.82, 2.24) is 4.90 Å². The molecule has 0 saturated carbocycles. The summed E-state index contributed by atoms with van der Waals surface area (Å²) in [5.74, 6) is -0.247. The summed E-state index contributed by atoms with van der Waals surface area (Å²) in [6, 6.07) is 1.98. The molecule has 13 heavy (non-hydrogen) atoms. The van der Waals surface area contributed by atoms with Crippen molar-refractivity contribution < 1.29 is 9.53 Å². The highest BCUT2D eigenvalue weighted by molar-refractivity contribution is 5.76. The van der Waals surface area contributed by atoms with Crippen LogP contribution < -0.4 is 0 Å². The highest BCUT2D eigenvalue weighted by Crippen LogP contribution is 2.22. The largest absolute Gasteiger partial charge is 0.468 e. The summed E-state index contributed by atoms with van der Waals surface area (Å²) < 4.78 is 4.67. The highest BCUT2D eigenvalue weighted by atomic mass is 16.5. The molecule has 2 atom stereocenters. The molecule has 2 unspecified atom stereocenters. The third-order valence-corrected chi connectivity index (χ3v) is 2.47. The highest BCUT2D eigenvalue weighted by Gasteiger charge is 2.36. The topological polar surface area (TPSA) is 53.3 Å². The Morgan fingerprint density at radius 2 is 2.46 bits per heavy atom. The van der Waals surface area contributed by atoms with Gasteiger partial charge in [-0.15, -0.1) is 0 Å². The summed E-state index contributed by atoms with van der Waals surface area (Å²) in [5, 5.41) is 8.72. The van der Waals surface area contributed by atoms with Crippen LogP contribution in [0.4, 0.5) is 0 Å². The number of methoxy groups -OCH3 is 1. The molecule has 1 saturated heterocycles. The summed E-state index contributed by atoms with van der Waals surface area (Å²) in [4.78, 5) is 13.3. The predicted molar refractivity (Wildman–Crippen MR) is 46.8 cm³/mol. The van der Waals surface area contributed by atoms with Gasteiger partial charge in [-0.25, -0.2) is 0 Å². The molecule has 4 heteroatoms. The van der Waals surface area contributed by atoms with Gasteiger partial charge in [0.25, 0.3) is 0 Å². The van der Waals surface area contributed by atoms with E-state index in [0.29, 0.717) is 13.0 Å². The Kier molecular flexibility index (Phi) is 3.26. The van der Waals surface area contributed by atoms with E-state index < -0.39 is 0 Å². The average Bonchev–Trinajstić information content (AvgIpc) is 2.59. The third-order valence-electron chi connectivity index (χ3n) is 2.47. The van der Waals surface area contributed by atoms with E-state index in [4.69, 9.17) is 5.26 Å². The minimum Gasteiger partial charge on any atom is -0.468 e. The van der Waals surface area contributed by atoms with Gasteiger partial charge in [-0.05, 0) is 13.0 Å². The molecule has 0 bridgehead atoms. The van der Waals surface area contributed by atoms with Crippen molar-refractivity contribution in [3.05, 3.63) is 0 Å². The Morgan fingerprint density at radius 3 is 2.92 bits per heavy atom. The Bertz CT molecular complexity index is 234. The number of ether oxygens (including phenoxy) is 1. The van der Waals surface area contributed by atoms with Gasteiger partial charge in [0.2, 0.25) is 0 Å². The maximum absolute atomic E-state index is 11.3. The summed E-state index contributed by atoms with van der Waals surface area (Å²) in [7, 11) is 1.38. The van der Waals surface area contributed by atoms with Crippen molar-refractivity contribution >= 4 is 5.97 Å². The van der Waals surface area contributed by atoms with Crippen LogP contribution >= 0.6 is 0 Å². The smallest absolute Gasteiger partial charge is 0.323 e.